The average Bonchev–Trinajstić information content (AvgIpc) is 3.21. The summed E-state index contributed by atoms with van der Waals surface area (Å²) in [5, 5.41) is 8.00. The van der Waals surface area contributed by atoms with E-state index in [0.717, 1.165) is 71.7 Å². The van der Waals surface area contributed by atoms with Gasteiger partial charge in [-0.2, -0.15) is 5.10 Å². The molecule has 0 aliphatic carbocycles. The molecule has 0 unspecified atom stereocenters. The summed E-state index contributed by atoms with van der Waals surface area (Å²) in [5.41, 5.74) is 4.34. The van der Waals surface area contributed by atoms with Crippen LogP contribution in [-0.2, 0) is 13.0 Å². The maximum Gasteiger partial charge on any atom is 0.251 e. The highest BCUT2D eigenvalue weighted by atomic mass is 16.1. The molecular formula is C21H23N7O. The van der Waals surface area contributed by atoms with Crippen LogP contribution in [0.2, 0.25) is 0 Å². The van der Waals surface area contributed by atoms with Gasteiger partial charge in [0, 0.05) is 49.9 Å². The van der Waals surface area contributed by atoms with E-state index in [2.05, 4.69) is 47.1 Å². The van der Waals surface area contributed by atoms with Crippen molar-refractivity contribution in [1.29, 1.82) is 0 Å². The lowest BCUT2D eigenvalue weighted by atomic mass is 10.1. The van der Waals surface area contributed by atoms with Crippen LogP contribution in [-0.4, -0.2) is 56.2 Å². The molecule has 0 saturated carbocycles. The van der Waals surface area contributed by atoms with E-state index in [1.54, 1.807) is 6.20 Å². The first-order chi connectivity index (χ1) is 14.2. The Balaban J connectivity index is 1.27. The molecule has 5 heterocycles. The van der Waals surface area contributed by atoms with E-state index in [1.807, 2.05) is 25.3 Å². The lowest BCUT2D eigenvalue weighted by Crippen LogP contribution is -2.46. The van der Waals surface area contributed by atoms with Crippen LogP contribution >= 0.6 is 0 Å². The first-order valence-electron chi connectivity index (χ1n) is 9.98. The van der Waals surface area contributed by atoms with Gasteiger partial charge in [-0.3, -0.25) is 19.8 Å². The number of hydrogen-bond donors (Lipinski definition) is 2. The fourth-order valence-electron chi connectivity index (χ4n) is 3.90. The fourth-order valence-corrected chi connectivity index (χ4v) is 3.90. The van der Waals surface area contributed by atoms with Crippen LogP contribution in [0.5, 0.6) is 0 Å². The summed E-state index contributed by atoms with van der Waals surface area (Å²) in [6.07, 6.45) is 4.42. The fraction of sp³-hybridized carbons (Fsp3) is 0.333. The minimum atomic E-state index is -0.0192. The highest BCUT2D eigenvalue weighted by Crippen LogP contribution is 2.19. The highest BCUT2D eigenvalue weighted by molar-refractivity contribution is 5.76. The Kier molecular flexibility index (Phi) is 4.48. The molecule has 8 nitrogen and oxygen atoms in total. The number of piperazine rings is 1. The topological polar surface area (TPSA) is 93.8 Å². The van der Waals surface area contributed by atoms with Gasteiger partial charge in [-0.25, -0.2) is 4.98 Å². The molecule has 0 amide bonds. The molecule has 0 radical (unpaired) electrons. The normalized spacial score (nSPS) is 15.4. The van der Waals surface area contributed by atoms with Crippen molar-refractivity contribution >= 4 is 27.9 Å². The van der Waals surface area contributed by atoms with E-state index in [-0.39, 0.29) is 5.56 Å². The Labute approximate surface area is 167 Å². The predicted molar refractivity (Wildman–Crippen MR) is 113 cm³/mol. The molecule has 1 aliphatic rings. The summed E-state index contributed by atoms with van der Waals surface area (Å²) < 4.78 is 0. The minimum Gasteiger partial charge on any atom is -0.354 e. The van der Waals surface area contributed by atoms with Gasteiger partial charge in [0.05, 0.1) is 17.2 Å². The molecule has 0 aromatic carbocycles. The maximum atomic E-state index is 12.1. The number of H-pyrrole nitrogens is 2. The van der Waals surface area contributed by atoms with Crippen molar-refractivity contribution in [3.8, 4) is 0 Å². The maximum absolute atomic E-state index is 12.1. The SMILES string of the molecule is CCc1cc2ncc(CN3CCN(c4ccc5cn[nH]c5n4)CC3)cc2[nH]c1=O. The Hall–Kier alpha value is -3.26. The summed E-state index contributed by atoms with van der Waals surface area (Å²) in [7, 11) is 0. The van der Waals surface area contributed by atoms with Crippen LogP contribution in [0.4, 0.5) is 5.82 Å². The van der Waals surface area contributed by atoms with Crippen LogP contribution in [0.25, 0.3) is 22.1 Å². The molecule has 1 fully saturated rings. The van der Waals surface area contributed by atoms with Gasteiger partial charge in [-0.1, -0.05) is 6.92 Å². The molecule has 29 heavy (non-hydrogen) atoms. The molecule has 1 aliphatic heterocycles. The van der Waals surface area contributed by atoms with Crippen LogP contribution in [0.15, 0.2) is 41.5 Å². The summed E-state index contributed by atoms with van der Waals surface area (Å²) in [6, 6.07) is 8.05. The molecule has 4 aromatic rings. The lowest BCUT2D eigenvalue weighted by molar-refractivity contribution is 0.249. The second-order valence-corrected chi connectivity index (χ2v) is 7.49. The van der Waals surface area contributed by atoms with Crippen molar-refractivity contribution < 1.29 is 0 Å². The zero-order chi connectivity index (χ0) is 19.8. The van der Waals surface area contributed by atoms with Crippen molar-refractivity contribution in [2.24, 2.45) is 0 Å². The molecule has 2 N–H and O–H groups in total. The van der Waals surface area contributed by atoms with Gasteiger partial charge in [0.15, 0.2) is 5.65 Å². The number of nitrogens with one attached hydrogen (secondary N) is 2. The van der Waals surface area contributed by atoms with Crippen molar-refractivity contribution in [2.75, 3.05) is 31.1 Å². The summed E-state index contributed by atoms with van der Waals surface area (Å²) in [5.74, 6) is 0.984. The molecule has 0 spiro atoms. The summed E-state index contributed by atoms with van der Waals surface area (Å²) in [6.45, 7) is 6.54. The molecule has 0 atom stereocenters. The Morgan fingerprint density at radius 3 is 2.79 bits per heavy atom. The first kappa shape index (κ1) is 17.8. The number of aromatic amines is 2. The molecular weight excluding hydrogens is 366 g/mol. The Morgan fingerprint density at radius 1 is 1.10 bits per heavy atom. The number of pyridine rings is 3. The van der Waals surface area contributed by atoms with E-state index < -0.39 is 0 Å². The third-order valence-corrected chi connectivity index (χ3v) is 5.60. The van der Waals surface area contributed by atoms with Crippen LogP contribution < -0.4 is 10.5 Å². The summed E-state index contributed by atoms with van der Waals surface area (Å²) >= 11 is 0. The molecule has 0 bridgehead atoms. The lowest BCUT2D eigenvalue weighted by Gasteiger charge is -2.35. The van der Waals surface area contributed by atoms with Crippen molar-refractivity contribution in [1.82, 2.24) is 30.0 Å². The number of nitrogens with zero attached hydrogens (tertiary/aromatic N) is 5. The highest BCUT2D eigenvalue weighted by Gasteiger charge is 2.19. The first-order valence-corrected chi connectivity index (χ1v) is 9.98. The number of fused-ring (bicyclic) bond motifs is 2. The number of rotatable bonds is 4. The molecule has 8 heteroatoms. The second-order valence-electron chi connectivity index (χ2n) is 7.49. The van der Waals surface area contributed by atoms with Gasteiger partial charge < -0.3 is 9.88 Å². The van der Waals surface area contributed by atoms with E-state index >= 15 is 0 Å². The van der Waals surface area contributed by atoms with Gasteiger partial charge in [0.2, 0.25) is 0 Å². The van der Waals surface area contributed by atoms with Gasteiger partial charge in [0.1, 0.15) is 5.82 Å². The van der Waals surface area contributed by atoms with Crippen LogP contribution in [0.3, 0.4) is 0 Å². The third kappa shape index (κ3) is 3.47. The van der Waals surface area contributed by atoms with Crippen molar-refractivity contribution in [3.63, 3.8) is 0 Å². The molecule has 1 saturated heterocycles. The zero-order valence-electron chi connectivity index (χ0n) is 16.4. The predicted octanol–water partition coefficient (Wildman–Crippen LogP) is 2.08. The molecule has 5 rings (SSSR count). The third-order valence-electron chi connectivity index (χ3n) is 5.60. The zero-order valence-corrected chi connectivity index (χ0v) is 16.4. The standard InChI is InChI=1S/C21H23N7O/c1-2-15-10-17-18(24-21(15)29)9-14(11-22-17)13-27-5-7-28(8-6-27)19-4-3-16-12-23-26-20(16)25-19/h3-4,9-12H,2,5-8,13H2,1H3,(H,24,29)(H,23,25,26). The van der Waals surface area contributed by atoms with Crippen molar-refractivity contribution in [2.45, 2.75) is 19.9 Å². The monoisotopic (exact) mass is 389 g/mol. The van der Waals surface area contributed by atoms with Gasteiger partial charge in [-0.15, -0.1) is 0 Å². The number of anilines is 1. The van der Waals surface area contributed by atoms with E-state index in [9.17, 15) is 4.79 Å². The quantitative estimate of drug-likeness (QED) is 0.555. The van der Waals surface area contributed by atoms with E-state index in [0.29, 0.717) is 6.42 Å². The smallest absolute Gasteiger partial charge is 0.251 e. The van der Waals surface area contributed by atoms with Gasteiger partial charge in [0.25, 0.3) is 5.56 Å². The number of aryl methyl sites for hydroxylation is 1. The molecule has 4 aromatic heterocycles. The number of hydrogen-bond acceptors (Lipinski definition) is 6. The minimum absolute atomic E-state index is 0.0192. The summed E-state index contributed by atoms with van der Waals surface area (Å²) in [4.78, 5) is 29.0. The number of aromatic nitrogens is 5. The second kappa shape index (κ2) is 7.29. The largest absolute Gasteiger partial charge is 0.354 e. The van der Waals surface area contributed by atoms with Crippen molar-refractivity contribution in [3.05, 3.63) is 58.1 Å². The van der Waals surface area contributed by atoms with Crippen LogP contribution in [0, 0.1) is 0 Å². The van der Waals surface area contributed by atoms with Gasteiger partial charge >= 0.3 is 0 Å². The van der Waals surface area contributed by atoms with Gasteiger partial charge in [-0.05, 0) is 36.2 Å². The Bertz CT molecular complexity index is 1220. The van der Waals surface area contributed by atoms with E-state index in [1.165, 1.54) is 0 Å². The van der Waals surface area contributed by atoms with Crippen LogP contribution in [0.1, 0.15) is 18.1 Å². The average molecular weight is 389 g/mol. The Morgan fingerprint density at radius 2 is 1.97 bits per heavy atom. The molecule has 148 valence electrons. The van der Waals surface area contributed by atoms with E-state index in [4.69, 9.17) is 0 Å².